The topological polar surface area (TPSA) is 80.6 Å². The van der Waals surface area contributed by atoms with Crippen LogP contribution in [-0.4, -0.2) is 16.7 Å². The van der Waals surface area contributed by atoms with Crippen LogP contribution in [0.3, 0.4) is 0 Å². The Morgan fingerprint density at radius 3 is 2.76 bits per heavy atom. The fourth-order valence-electron chi connectivity index (χ4n) is 2.77. The van der Waals surface area contributed by atoms with E-state index >= 15 is 0 Å². The van der Waals surface area contributed by atoms with Crippen LogP contribution in [0.5, 0.6) is 5.95 Å². The highest BCUT2D eigenvalue weighted by Gasteiger charge is 2.37. The summed E-state index contributed by atoms with van der Waals surface area (Å²) in [6.45, 7) is 3.44. The number of rotatable bonds is 3. The SMILES string of the molecule is CC(C)C(=O)c1c(O)oc2c1C(=O)CC(c1ccco1)C2. The minimum atomic E-state index is -0.452. The standard InChI is InChI=1S/C16H16O5/c1-8(2)15(18)14-13-10(17)6-9(11-4-3-5-20-11)7-12(13)21-16(14)19/h3-5,8-9,19H,6-7H2,1-2H3. The predicted molar refractivity (Wildman–Crippen MR) is 73.6 cm³/mol. The van der Waals surface area contributed by atoms with Gasteiger partial charge >= 0.3 is 0 Å². The fraction of sp³-hybridized carbons (Fsp3) is 0.375. The van der Waals surface area contributed by atoms with Crippen LogP contribution in [0.25, 0.3) is 0 Å². The molecule has 0 spiro atoms. The monoisotopic (exact) mass is 288 g/mol. The Hall–Kier alpha value is -2.30. The summed E-state index contributed by atoms with van der Waals surface area (Å²) in [5.74, 6) is -0.267. The maximum absolute atomic E-state index is 12.4. The number of furan rings is 2. The zero-order valence-corrected chi connectivity index (χ0v) is 11.9. The van der Waals surface area contributed by atoms with Gasteiger partial charge in [-0.1, -0.05) is 13.8 Å². The molecule has 0 radical (unpaired) electrons. The van der Waals surface area contributed by atoms with E-state index in [0.29, 0.717) is 17.9 Å². The van der Waals surface area contributed by atoms with Crippen molar-refractivity contribution in [3.8, 4) is 5.95 Å². The van der Waals surface area contributed by atoms with Gasteiger partial charge in [0.2, 0.25) is 0 Å². The summed E-state index contributed by atoms with van der Waals surface area (Å²) in [7, 11) is 0. The number of hydrogen-bond acceptors (Lipinski definition) is 5. The van der Waals surface area contributed by atoms with Gasteiger partial charge in [0, 0.05) is 24.7 Å². The van der Waals surface area contributed by atoms with Crippen LogP contribution >= 0.6 is 0 Å². The van der Waals surface area contributed by atoms with Crippen molar-refractivity contribution >= 4 is 11.6 Å². The second-order valence-corrected chi connectivity index (χ2v) is 5.64. The first kappa shape index (κ1) is 13.7. The Kier molecular flexibility index (Phi) is 3.20. The van der Waals surface area contributed by atoms with Gasteiger partial charge in [-0.15, -0.1) is 0 Å². The van der Waals surface area contributed by atoms with E-state index in [4.69, 9.17) is 8.83 Å². The second-order valence-electron chi connectivity index (χ2n) is 5.64. The van der Waals surface area contributed by atoms with Crippen LogP contribution in [0.2, 0.25) is 0 Å². The van der Waals surface area contributed by atoms with Crippen molar-refractivity contribution in [2.24, 2.45) is 5.92 Å². The highest BCUT2D eigenvalue weighted by Crippen LogP contribution is 2.40. The molecular formula is C16H16O5. The lowest BCUT2D eigenvalue weighted by atomic mass is 9.83. The average Bonchev–Trinajstić information content (AvgIpc) is 3.04. The number of Topliss-reactive ketones (excluding diaryl/α,β-unsaturated/α-hetero) is 2. The first-order valence-corrected chi connectivity index (χ1v) is 6.94. The summed E-state index contributed by atoms with van der Waals surface area (Å²) in [5, 5.41) is 9.89. The molecule has 5 nitrogen and oxygen atoms in total. The van der Waals surface area contributed by atoms with E-state index in [1.54, 1.807) is 26.2 Å². The van der Waals surface area contributed by atoms with Gasteiger partial charge < -0.3 is 13.9 Å². The summed E-state index contributed by atoms with van der Waals surface area (Å²) >= 11 is 0. The molecule has 0 fully saturated rings. The third-order valence-corrected chi connectivity index (χ3v) is 3.82. The zero-order valence-electron chi connectivity index (χ0n) is 11.9. The molecule has 1 atom stereocenters. The third-order valence-electron chi connectivity index (χ3n) is 3.82. The number of aromatic hydroxyl groups is 1. The highest BCUT2D eigenvalue weighted by atomic mass is 16.5. The van der Waals surface area contributed by atoms with E-state index < -0.39 is 5.95 Å². The minimum absolute atomic E-state index is 0.0305. The van der Waals surface area contributed by atoms with Gasteiger partial charge in [0.25, 0.3) is 5.95 Å². The summed E-state index contributed by atoms with van der Waals surface area (Å²) in [4.78, 5) is 24.6. The van der Waals surface area contributed by atoms with E-state index in [1.807, 2.05) is 6.07 Å². The number of carbonyl (C=O) groups is 2. The number of fused-ring (bicyclic) bond motifs is 1. The number of carbonyl (C=O) groups excluding carboxylic acids is 2. The zero-order chi connectivity index (χ0) is 15.1. The minimum Gasteiger partial charge on any atom is -0.480 e. The Bertz CT molecular complexity index is 691. The molecule has 3 rings (SSSR count). The molecule has 1 unspecified atom stereocenters. The van der Waals surface area contributed by atoms with Crippen molar-refractivity contribution in [2.45, 2.75) is 32.6 Å². The molecule has 21 heavy (non-hydrogen) atoms. The summed E-state index contributed by atoms with van der Waals surface area (Å²) < 4.78 is 10.6. The Morgan fingerprint density at radius 2 is 2.14 bits per heavy atom. The quantitative estimate of drug-likeness (QED) is 0.876. The molecule has 0 bridgehead atoms. The Balaban J connectivity index is 2.02. The average molecular weight is 288 g/mol. The molecule has 2 aromatic rings. The Morgan fingerprint density at radius 1 is 1.38 bits per heavy atom. The van der Waals surface area contributed by atoms with E-state index in [2.05, 4.69) is 0 Å². The molecule has 1 N–H and O–H groups in total. The van der Waals surface area contributed by atoms with Gasteiger partial charge in [-0.05, 0) is 12.1 Å². The van der Waals surface area contributed by atoms with Crippen molar-refractivity contribution in [1.82, 2.24) is 0 Å². The van der Waals surface area contributed by atoms with Crippen molar-refractivity contribution in [3.63, 3.8) is 0 Å². The summed E-state index contributed by atoms with van der Waals surface area (Å²) in [5.41, 5.74) is 0.275. The maximum Gasteiger partial charge on any atom is 0.294 e. The number of ketones is 2. The molecule has 1 aliphatic rings. The molecule has 0 aromatic carbocycles. The fourth-order valence-corrected chi connectivity index (χ4v) is 2.77. The number of hydrogen-bond donors (Lipinski definition) is 1. The smallest absolute Gasteiger partial charge is 0.294 e. The molecule has 1 aliphatic carbocycles. The molecule has 2 aromatic heterocycles. The van der Waals surface area contributed by atoms with Crippen LogP contribution < -0.4 is 0 Å². The molecule has 2 heterocycles. The summed E-state index contributed by atoms with van der Waals surface area (Å²) in [6, 6.07) is 3.58. The van der Waals surface area contributed by atoms with Crippen molar-refractivity contribution in [2.75, 3.05) is 0 Å². The third kappa shape index (κ3) is 2.18. The van der Waals surface area contributed by atoms with Crippen molar-refractivity contribution in [1.29, 1.82) is 0 Å². The molecule has 5 heteroatoms. The van der Waals surface area contributed by atoms with Crippen LogP contribution in [-0.2, 0) is 6.42 Å². The van der Waals surface area contributed by atoms with Crippen LogP contribution in [0.15, 0.2) is 27.2 Å². The van der Waals surface area contributed by atoms with E-state index in [0.717, 1.165) is 0 Å². The molecular weight excluding hydrogens is 272 g/mol. The highest BCUT2D eigenvalue weighted by molar-refractivity contribution is 6.12. The first-order chi connectivity index (χ1) is 9.99. The molecule has 0 amide bonds. The van der Waals surface area contributed by atoms with Crippen molar-refractivity contribution in [3.05, 3.63) is 41.0 Å². The van der Waals surface area contributed by atoms with E-state index in [9.17, 15) is 14.7 Å². The van der Waals surface area contributed by atoms with E-state index in [-0.39, 0.29) is 41.0 Å². The van der Waals surface area contributed by atoms with Gasteiger partial charge in [0.1, 0.15) is 17.1 Å². The largest absolute Gasteiger partial charge is 0.480 e. The summed E-state index contributed by atoms with van der Waals surface area (Å²) in [6.07, 6.45) is 2.24. The van der Waals surface area contributed by atoms with Gasteiger partial charge in [0.05, 0.1) is 11.8 Å². The molecule has 0 saturated heterocycles. The normalized spacial score (nSPS) is 18.0. The van der Waals surface area contributed by atoms with Crippen LogP contribution in [0, 0.1) is 5.92 Å². The van der Waals surface area contributed by atoms with Gasteiger partial charge in [0.15, 0.2) is 11.6 Å². The molecule has 110 valence electrons. The molecule has 0 saturated carbocycles. The first-order valence-electron chi connectivity index (χ1n) is 6.94. The van der Waals surface area contributed by atoms with Gasteiger partial charge in [-0.25, -0.2) is 0 Å². The lowest BCUT2D eigenvalue weighted by Crippen LogP contribution is -2.20. The maximum atomic E-state index is 12.4. The second kappa shape index (κ2) is 4.91. The van der Waals surface area contributed by atoms with Crippen molar-refractivity contribution < 1.29 is 23.5 Å². The van der Waals surface area contributed by atoms with Crippen LogP contribution in [0.1, 0.15) is 58.4 Å². The predicted octanol–water partition coefficient (Wildman–Crippen LogP) is 3.33. The lowest BCUT2D eigenvalue weighted by Gasteiger charge is -2.18. The lowest BCUT2D eigenvalue weighted by molar-refractivity contribution is 0.0912. The van der Waals surface area contributed by atoms with Gasteiger partial charge in [-0.3, -0.25) is 9.59 Å². The van der Waals surface area contributed by atoms with E-state index in [1.165, 1.54) is 0 Å². The van der Waals surface area contributed by atoms with Crippen LogP contribution in [0.4, 0.5) is 0 Å². The Labute approximate surface area is 121 Å². The molecule has 0 aliphatic heterocycles. The van der Waals surface area contributed by atoms with Gasteiger partial charge in [-0.2, -0.15) is 0 Å².